The Balaban J connectivity index is 1.72. The Labute approximate surface area is 215 Å². The zero-order chi connectivity index (χ0) is 25.7. The van der Waals surface area contributed by atoms with Crippen molar-refractivity contribution in [2.45, 2.75) is 26.4 Å². The van der Waals surface area contributed by atoms with Crippen molar-refractivity contribution in [1.82, 2.24) is 9.66 Å². The van der Waals surface area contributed by atoms with E-state index >= 15 is 0 Å². The summed E-state index contributed by atoms with van der Waals surface area (Å²) in [6.45, 7) is 2.09. The van der Waals surface area contributed by atoms with E-state index in [-0.39, 0.29) is 17.9 Å². The van der Waals surface area contributed by atoms with Crippen LogP contribution in [0.2, 0.25) is 0 Å². The molecule has 1 aromatic heterocycles. The summed E-state index contributed by atoms with van der Waals surface area (Å²) in [7, 11) is 1.52. The van der Waals surface area contributed by atoms with Crippen LogP contribution in [0.15, 0.2) is 75.0 Å². The van der Waals surface area contributed by atoms with E-state index in [0.29, 0.717) is 45.8 Å². The molecule has 0 N–H and O–H groups in total. The molecule has 36 heavy (non-hydrogen) atoms. The molecule has 0 saturated carbocycles. The molecule has 4 rings (SSSR count). The standard InChI is InChI=1S/C26H23BrN4O5/c1-3-6-24-29-22-12-11-19(27)14-21(22)26(32)30(24)28-15-18-8-5-10-23(35-2)25(18)36-16-17-7-4-9-20(13-17)31(33)34/h4-5,7-15H,3,6,16H2,1-2H3. The van der Waals surface area contributed by atoms with Crippen molar-refractivity contribution in [3.05, 3.63) is 103 Å². The van der Waals surface area contributed by atoms with E-state index in [4.69, 9.17) is 9.47 Å². The van der Waals surface area contributed by atoms with Crippen molar-refractivity contribution >= 4 is 38.7 Å². The van der Waals surface area contributed by atoms with Gasteiger partial charge in [0.2, 0.25) is 0 Å². The van der Waals surface area contributed by atoms with Crippen molar-refractivity contribution in [1.29, 1.82) is 0 Å². The van der Waals surface area contributed by atoms with Crippen LogP contribution in [0, 0.1) is 10.1 Å². The van der Waals surface area contributed by atoms with Gasteiger partial charge in [0.05, 0.1) is 29.2 Å². The third-order valence-corrected chi connectivity index (χ3v) is 5.89. The number of benzene rings is 3. The summed E-state index contributed by atoms with van der Waals surface area (Å²) >= 11 is 3.41. The Morgan fingerprint density at radius 2 is 1.97 bits per heavy atom. The van der Waals surface area contributed by atoms with Gasteiger partial charge in [0.1, 0.15) is 12.4 Å². The van der Waals surface area contributed by atoms with Gasteiger partial charge in [0.25, 0.3) is 11.2 Å². The van der Waals surface area contributed by atoms with Crippen LogP contribution in [0.5, 0.6) is 11.5 Å². The maximum absolute atomic E-state index is 13.3. The molecule has 0 bridgehead atoms. The predicted octanol–water partition coefficient (Wildman–Crippen LogP) is 5.49. The van der Waals surface area contributed by atoms with Crippen molar-refractivity contribution in [2.75, 3.05) is 7.11 Å². The van der Waals surface area contributed by atoms with E-state index in [2.05, 4.69) is 26.0 Å². The van der Waals surface area contributed by atoms with Crippen LogP contribution in [0.4, 0.5) is 5.69 Å². The fourth-order valence-corrected chi connectivity index (χ4v) is 4.05. The second-order valence-corrected chi connectivity index (χ2v) is 8.81. The number of aromatic nitrogens is 2. The highest BCUT2D eigenvalue weighted by Gasteiger charge is 2.14. The van der Waals surface area contributed by atoms with Crippen LogP contribution in [-0.2, 0) is 13.0 Å². The number of nitro benzene ring substituents is 1. The first-order chi connectivity index (χ1) is 17.4. The molecular formula is C26H23BrN4O5. The van der Waals surface area contributed by atoms with Crippen LogP contribution in [-0.4, -0.2) is 27.9 Å². The number of non-ortho nitro benzene ring substituents is 1. The molecule has 0 spiro atoms. The number of rotatable bonds is 9. The van der Waals surface area contributed by atoms with Crippen LogP contribution in [0.3, 0.4) is 0 Å². The summed E-state index contributed by atoms with van der Waals surface area (Å²) < 4.78 is 13.6. The zero-order valence-corrected chi connectivity index (χ0v) is 21.3. The number of fused-ring (bicyclic) bond motifs is 1. The molecule has 0 saturated heterocycles. The van der Waals surface area contributed by atoms with Gasteiger partial charge in [-0.25, -0.2) is 4.98 Å². The summed E-state index contributed by atoms with van der Waals surface area (Å²) in [6.07, 6.45) is 2.89. The number of ether oxygens (including phenoxy) is 2. The zero-order valence-electron chi connectivity index (χ0n) is 19.7. The molecule has 184 valence electrons. The molecular weight excluding hydrogens is 528 g/mol. The predicted molar refractivity (Wildman–Crippen MR) is 141 cm³/mol. The molecule has 0 fully saturated rings. The highest BCUT2D eigenvalue weighted by atomic mass is 79.9. The highest BCUT2D eigenvalue weighted by Crippen LogP contribution is 2.31. The molecule has 0 radical (unpaired) electrons. The Bertz CT molecular complexity index is 1520. The number of hydrogen-bond donors (Lipinski definition) is 0. The SMILES string of the molecule is CCCc1nc2ccc(Br)cc2c(=O)n1N=Cc1cccc(OC)c1OCc1cccc([N+](=O)[O-])c1. The molecule has 9 nitrogen and oxygen atoms in total. The lowest BCUT2D eigenvalue weighted by atomic mass is 10.2. The summed E-state index contributed by atoms with van der Waals surface area (Å²) in [4.78, 5) is 28.6. The number of halogens is 1. The molecule has 0 amide bonds. The molecule has 0 atom stereocenters. The minimum Gasteiger partial charge on any atom is -0.493 e. The summed E-state index contributed by atoms with van der Waals surface area (Å²) in [5.41, 5.74) is 1.52. The maximum Gasteiger partial charge on any atom is 0.282 e. The van der Waals surface area contributed by atoms with E-state index in [1.807, 2.05) is 13.0 Å². The lowest BCUT2D eigenvalue weighted by Gasteiger charge is -2.13. The smallest absolute Gasteiger partial charge is 0.282 e. The van der Waals surface area contributed by atoms with E-state index in [1.54, 1.807) is 42.5 Å². The fraction of sp³-hybridized carbons (Fsp3) is 0.192. The summed E-state index contributed by atoms with van der Waals surface area (Å²) in [6, 6.07) is 16.9. The van der Waals surface area contributed by atoms with Gasteiger partial charge >= 0.3 is 0 Å². The van der Waals surface area contributed by atoms with Gasteiger partial charge in [0, 0.05) is 28.6 Å². The average molecular weight is 551 g/mol. The van der Waals surface area contributed by atoms with E-state index < -0.39 is 4.92 Å². The maximum atomic E-state index is 13.3. The number of para-hydroxylation sites is 1. The molecule has 10 heteroatoms. The van der Waals surface area contributed by atoms with Gasteiger partial charge in [-0.1, -0.05) is 41.1 Å². The van der Waals surface area contributed by atoms with Gasteiger partial charge in [-0.2, -0.15) is 9.78 Å². The molecule has 0 aliphatic rings. The van der Waals surface area contributed by atoms with Crippen molar-refractivity contribution in [2.24, 2.45) is 5.10 Å². The van der Waals surface area contributed by atoms with Crippen LogP contribution >= 0.6 is 15.9 Å². The molecule has 0 aliphatic carbocycles. The van der Waals surface area contributed by atoms with Crippen molar-refractivity contribution in [3.63, 3.8) is 0 Å². The van der Waals surface area contributed by atoms with Crippen LogP contribution < -0.4 is 15.0 Å². The Hall–Kier alpha value is -4.05. The second kappa shape index (κ2) is 11.1. The summed E-state index contributed by atoms with van der Waals surface area (Å²) in [5.74, 6) is 1.42. The van der Waals surface area contributed by atoms with Crippen LogP contribution in [0.1, 0.15) is 30.3 Å². The fourth-order valence-electron chi connectivity index (χ4n) is 3.68. The molecule has 0 aliphatic heterocycles. The summed E-state index contributed by atoms with van der Waals surface area (Å²) in [5, 5.41) is 16.0. The van der Waals surface area contributed by atoms with E-state index in [1.165, 1.54) is 30.1 Å². The van der Waals surface area contributed by atoms with Crippen LogP contribution in [0.25, 0.3) is 10.9 Å². The lowest BCUT2D eigenvalue weighted by molar-refractivity contribution is -0.384. The molecule has 1 heterocycles. The average Bonchev–Trinajstić information content (AvgIpc) is 2.88. The Morgan fingerprint density at radius 3 is 2.72 bits per heavy atom. The normalized spacial score (nSPS) is 11.2. The number of methoxy groups -OCH3 is 1. The number of nitrogens with zero attached hydrogens (tertiary/aromatic N) is 4. The quantitative estimate of drug-likeness (QED) is 0.155. The largest absolute Gasteiger partial charge is 0.493 e. The molecule has 4 aromatic rings. The minimum atomic E-state index is -0.452. The highest BCUT2D eigenvalue weighted by molar-refractivity contribution is 9.10. The van der Waals surface area contributed by atoms with Gasteiger partial charge in [-0.3, -0.25) is 14.9 Å². The minimum absolute atomic E-state index is 0.0174. The van der Waals surface area contributed by atoms with Crippen molar-refractivity contribution < 1.29 is 14.4 Å². The Kier molecular flexibility index (Phi) is 7.74. The molecule has 0 unspecified atom stereocenters. The number of nitro groups is 1. The third kappa shape index (κ3) is 5.44. The lowest BCUT2D eigenvalue weighted by Crippen LogP contribution is -2.22. The first kappa shape index (κ1) is 25.1. The first-order valence-corrected chi connectivity index (χ1v) is 12.0. The number of hydrogen-bond acceptors (Lipinski definition) is 7. The first-order valence-electron chi connectivity index (χ1n) is 11.2. The number of aryl methyl sites for hydroxylation is 1. The molecule has 3 aromatic carbocycles. The van der Waals surface area contributed by atoms with Gasteiger partial charge in [0.15, 0.2) is 11.5 Å². The van der Waals surface area contributed by atoms with Gasteiger partial charge < -0.3 is 9.47 Å². The monoisotopic (exact) mass is 550 g/mol. The van der Waals surface area contributed by atoms with Crippen molar-refractivity contribution in [3.8, 4) is 11.5 Å². The van der Waals surface area contributed by atoms with E-state index in [9.17, 15) is 14.9 Å². The second-order valence-electron chi connectivity index (χ2n) is 7.90. The van der Waals surface area contributed by atoms with Gasteiger partial charge in [-0.15, -0.1) is 0 Å². The third-order valence-electron chi connectivity index (χ3n) is 5.40. The Morgan fingerprint density at radius 1 is 1.17 bits per heavy atom. The van der Waals surface area contributed by atoms with Gasteiger partial charge in [-0.05, 0) is 42.3 Å². The van der Waals surface area contributed by atoms with E-state index in [0.717, 1.165) is 10.9 Å². The topological polar surface area (TPSA) is 109 Å².